The van der Waals surface area contributed by atoms with Crippen molar-refractivity contribution in [3.63, 3.8) is 0 Å². The third kappa shape index (κ3) is 2.49. The van der Waals surface area contributed by atoms with E-state index >= 15 is 0 Å². The van der Waals surface area contributed by atoms with E-state index in [4.69, 9.17) is 4.42 Å². The maximum absolute atomic E-state index is 12.0. The van der Waals surface area contributed by atoms with Crippen molar-refractivity contribution in [3.05, 3.63) is 36.1 Å². The van der Waals surface area contributed by atoms with Crippen molar-refractivity contribution in [1.29, 1.82) is 0 Å². The van der Waals surface area contributed by atoms with Gasteiger partial charge >= 0.3 is 0 Å². The molecule has 0 saturated carbocycles. The van der Waals surface area contributed by atoms with E-state index in [1.54, 1.807) is 0 Å². The first kappa shape index (κ1) is 12.2. The number of rotatable bonds is 3. The monoisotopic (exact) mass is 258 g/mol. The van der Waals surface area contributed by atoms with Crippen LogP contribution in [0, 0.1) is 0 Å². The zero-order valence-corrected chi connectivity index (χ0v) is 11.0. The topological polar surface area (TPSA) is 54.3 Å². The molecule has 2 N–H and O–H groups in total. The number of hydrogen-bond donors (Lipinski definition) is 2. The zero-order valence-electron chi connectivity index (χ0n) is 11.0. The van der Waals surface area contributed by atoms with Crippen LogP contribution in [0.2, 0.25) is 0 Å². The van der Waals surface area contributed by atoms with Crippen LogP contribution in [0.1, 0.15) is 31.6 Å². The second-order valence-corrected chi connectivity index (χ2v) is 5.07. The smallest absolute Gasteiger partial charge is 0.237 e. The second kappa shape index (κ2) is 5.05. The third-order valence-corrected chi connectivity index (χ3v) is 3.61. The van der Waals surface area contributed by atoms with Gasteiger partial charge in [0.1, 0.15) is 11.3 Å². The summed E-state index contributed by atoms with van der Waals surface area (Å²) < 4.78 is 5.76. The Morgan fingerprint density at radius 2 is 2.32 bits per heavy atom. The Labute approximate surface area is 112 Å². The van der Waals surface area contributed by atoms with Gasteiger partial charge in [-0.05, 0) is 38.4 Å². The highest BCUT2D eigenvalue weighted by molar-refractivity contribution is 5.83. The number of para-hydroxylation sites is 1. The molecule has 19 heavy (non-hydrogen) atoms. The van der Waals surface area contributed by atoms with Crippen molar-refractivity contribution in [3.8, 4) is 0 Å². The fourth-order valence-corrected chi connectivity index (χ4v) is 2.51. The number of carbonyl (C=O) groups is 1. The van der Waals surface area contributed by atoms with E-state index in [1.165, 1.54) is 0 Å². The van der Waals surface area contributed by atoms with Gasteiger partial charge in [0, 0.05) is 5.39 Å². The van der Waals surface area contributed by atoms with Crippen LogP contribution in [-0.2, 0) is 4.79 Å². The van der Waals surface area contributed by atoms with Crippen LogP contribution in [0.3, 0.4) is 0 Å². The van der Waals surface area contributed by atoms with Crippen molar-refractivity contribution in [2.24, 2.45) is 0 Å². The number of benzene rings is 1. The van der Waals surface area contributed by atoms with E-state index in [1.807, 2.05) is 37.3 Å². The van der Waals surface area contributed by atoms with E-state index in [-0.39, 0.29) is 18.0 Å². The Hall–Kier alpha value is -1.81. The lowest BCUT2D eigenvalue weighted by Gasteiger charge is -2.15. The van der Waals surface area contributed by atoms with Crippen LogP contribution in [0.15, 0.2) is 34.7 Å². The van der Waals surface area contributed by atoms with Gasteiger partial charge in [0.2, 0.25) is 5.91 Å². The minimum absolute atomic E-state index is 0.0492. The summed E-state index contributed by atoms with van der Waals surface area (Å²) in [6, 6.07) is 9.70. The molecule has 0 bridgehead atoms. The van der Waals surface area contributed by atoms with Gasteiger partial charge in [-0.1, -0.05) is 18.2 Å². The van der Waals surface area contributed by atoms with Gasteiger partial charge in [0.05, 0.1) is 12.1 Å². The Bertz CT molecular complexity index is 552. The van der Waals surface area contributed by atoms with Gasteiger partial charge < -0.3 is 15.1 Å². The first-order chi connectivity index (χ1) is 9.24. The molecule has 1 saturated heterocycles. The van der Waals surface area contributed by atoms with Gasteiger partial charge in [0.25, 0.3) is 0 Å². The Balaban J connectivity index is 1.72. The predicted octanol–water partition coefficient (Wildman–Crippen LogP) is 2.36. The number of carbonyl (C=O) groups excluding carboxylic acids is 1. The molecule has 2 unspecified atom stereocenters. The Morgan fingerprint density at radius 1 is 1.47 bits per heavy atom. The average molecular weight is 258 g/mol. The molecule has 0 spiro atoms. The minimum Gasteiger partial charge on any atom is -0.459 e. The molecule has 2 aromatic rings. The van der Waals surface area contributed by atoms with Crippen molar-refractivity contribution in [2.45, 2.75) is 31.8 Å². The van der Waals surface area contributed by atoms with E-state index < -0.39 is 0 Å². The molecule has 1 fully saturated rings. The lowest BCUT2D eigenvalue weighted by Crippen LogP contribution is -2.41. The van der Waals surface area contributed by atoms with Gasteiger partial charge in [-0.2, -0.15) is 0 Å². The van der Waals surface area contributed by atoms with Crippen molar-refractivity contribution < 1.29 is 9.21 Å². The van der Waals surface area contributed by atoms with E-state index in [0.717, 1.165) is 36.1 Å². The average Bonchev–Trinajstić information content (AvgIpc) is 3.07. The molecule has 2 heterocycles. The highest BCUT2D eigenvalue weighted by atomic mass is 16.3. The summed E-state index contributed by atoms with van der Waals surface area (Å²) in [7, 11) is 0. The molecule has 1 aromatic carbocycles. The van der Waals surface area contributed by atoms with Crippen molar-refractivity contribution in [1.82, 2.24) is 10.6 Å². The van der Waals surface area contributed by atoms with Gasteiger partial charge in [-0.25, -0.2) is 0 Å². The standard InChI is InChI=1S/C15H18N2O2/c1-10(17-15(18)12-6-4-8-16-12)14-9-11-5-2-3-7-13(11)19-14/h2-3,5,7,9-10,12,16H,4,6,8H2,1H3,(H,17,18). The first-order valence-corrected chi connectivity index (χ1v) is 6.76. The minimum atomic E-state index is -0.109. The zero-order chi connectivity index (χ0) is 13.2. The molecule has 0 aliphatic carbocycles. The molecular weight excluding hydrogens is 240 g/mol. The molecule has 4 nitrogen and oxygen atoms in total. The quantitative estimate of drug-likeness (QED) is 0.888. The molecule has 1 aliphatic heterocycles. The summed E-state index contributed by atoms with van der Waals surface area (Å²) in [6.45, 7) is 2.88. The van der Waals surface area contributed by atoms with Crippen LogP contribution >= 0.6 is 0 Å². The summed E-state index contributed by atoms with van der Waals surface area (Å²) in [5.41, 5.74) is 0.859. The van der Waals surface area contributed by atoms with E-state index in [2.05, 4.69) is 10.6 Å². The SMILES string of the molecule is CC(NC(=O)C1CCCN1)c1cc2ccccc2o1. The summed E-state index contributed by atoms with van der Waals surface area (Å²) in [4.78, 5) is 12.0. The molecule has 1 aliphatic rings. The number of furan rings is 1. The first-order valence-electron chi connectivity index (χ1n) is 6.76. The predicted molar refractivity (Wildman–Crippen MR) is 73.8 cm³/mol. The lowest BCUT2D eigenvalue weighted by atomic mass is 10.2. The number of hydrogen-bond acceptors (Lipinski definition) is 3. The number of amides is 1. The second-order valence-electron chi connectivity index (χ2n) is 5.07. The van der Waals surface area contributed by atoms with Crippen molar-refractivity contribution >= 4 is 16.9 Å². The van der Waals surface area contributed by atoms with Crippen molar-refractivity contribution in [2.75, 3.05) is 6.54 Å². The Morgan fingerprint density at radius 3 is 3.05 bits per heavy atom. The van der Waals surface area contributed by atoms with Gasteiger partial charge in [0.15, 0.2) is 0 Å². The summed E-state index contributed by atoms with van der Waals surface area (Å²) in [5.74, 6) is 0.859. The van der Waals surface area contributed by atoms with Gasteiger partial charge in [-0.3, -0.25) is 4.79 Å². The third-order valence-electron chi connectivity index (χ3n) is 3.61. The highest BCUT2D eigenvalue weighted by Crippen LogP contribution is 2.23. The van der Waals surface area contributed by atoms with E-state index in [9.17, 15) is 4.79 Å². The molecule has 1 aromatic heterocycles. The van der Waals surface area contributed by atoms with E-state index in [0.29, 0.717) is 0 Å². The maximum atomic E-state index is 12.0. The largest absolute Gasteiger partial charge is 0.459 e. The van der Waals surface area contributed by atoms with Crippen LogP contribution in [-0.4, -0.2) is 18.5 Å². The Kier molecular flexibility index (Phi) is 3.25. The summed E-state index contributed by atoms with van der Waals surface area (Å²) in [5, 5.41) is 7.27. The summed E-state index contributed by atoms with van der Waals surface area (Å²) >= 11 is 0. The summed E-state index contributed by atoms with van der Waals surface area (Å²) in [6.07, 6.45) is 1.98. The van der Waals surface area contributed by atoms with Crippen LogP contribution in [0.4, 0.5) is 0 Å². The molecule has 2 atom stereocenters. The molecule has 1 amide bonds. The molecule has 4 heteroatoms. The maximum Gasteiger partial charge on any atom is 0.237 e. The van der Waals surface area contributed by atoms with Crippen LogP contribution < -0.4 is 10.6 Å². The fraction of sp³-hybridized carbons (Fsp3) is 0.400. The van der Waals surface area contributed by atoms with Crippen LogP contribution in [0.5, 0.6) is 0 Å². The van der Waals surface area contributed by atoms with Gasteiger partial charge in [-0.15, -0.1) is 0 Å². The lowest BCUT2D eigenvalue weighted by molar-refractivity contribution is -0.123. The highest BCUT2D eigenvalue weighted by Gasteiger charge is 2.24. The van der Waals surface area contributed by atoms with Crippen LogP contribution in [0.25, 0.3) is 11.0 Å². The number of fused-ring (bicyclic) bond motifs is 1. The molecule has 100 valence electrons. The fourth-order valence-electron chi connectivity index (χ4n) is 2.51. The molecule has 3 rings (SSSR count). The normalized spacial score (nSPS) is 20.6. The molecular formula is C15H18N2O2. The number of nitrogens with one attached hydrogen (secondary N) is 2. The molecule has 0 radical (unpaired) electrons.